The van der Waals surface area contributed by atoms with Gasteiger partial charge in [0.2, 0.25) is 0 Å². The molecule has 1 saturated carbocycles. The molecule has 1 aromatic carbocycles. The van der Waals surface area contributed by atoms with E-state index in [9.17, 15) is 9.90 Å². The molecule has 1 heterocycles. The summed E-state index contributed by atoms with van der Waals surface area (Å²) in [5, 5.41) is 14.6. The van der Waals surface area contributed by atoms with Crippen LogP contribution in [0.5, 0.6) is 0 Å². The molecule has 0 aromatic heterocycles. The van der Waals surface area contributed by atoms with Gasteiger partial charge in [-0.2, -0.15) is 0 Å². The van der Waals surface area contributed by atoms with Crippen LogP contribution in [0.15, 0.2) is 30.3 Å². The van der Waals surface area contributed by atoms with Crippen LogP contribution in [0.1, 0.15) is 32.3 Å². The number of ether oxygens (including phenoxy) is 1. The Bertz CT molecular complexity index is 533. The SMILES string of the molecule is CCC(CC)[C@@](O)(C(=O)OCC1[C@H]2CNC[C@@H]12)c1ccccc1. The van der Waals surface area contributed by atoms with E-state index in [1.54, 1.807) is 0 Å². The van der Waals surface area contributed by atoms with E-state index in [4.69, 9.17) is 4.74 Å². The fourth-order valence-electron chi connectivity index (χ4n) is 4.17. The average Bonchev–Trinajstić information content (AvgIpc) is 3.01. The minimum atomic E-state index is -1.55. The molecule has 126 valence electrons. The minimum Gasteiger partial charge on any atom is -0.463 e. The van der Waals surface area contributed by atoms with Gasteiger partial charge in [0, 0.05) is 11.8 Å². The van der Waals surface area contributed by atoms with Gasteiger partial charge < -0.3 is 15.2 Å². The molecule has 1 saturated heterocycles. The van der Waals surface area contributed by atoms with Crippen molar-refractivity contribution in [2.45, 2.75) is 32.3 Å². The van der Waals surface area contributed by atoms with Gasteiger partial charge in [-0.05, 0) is 43.3 Å². The third-order valence-corrected chi connectivity index (χ3v) is 5.78. The van der Waals surface area contributed by atoms with Crippen LogP contribution < -0.4 is 5.32 Å². The highest BCUT2D eigenvalue weighted by Gasteiger charge is 2.54. The van der Waals surface area contributed by atoms with E-state index in [1.807, 2.05) is 44.2 Å². The van der Waals surface area contributed by atoms with Crippen molar-refractivity contribution in [3.63, 3.8) is 0 Å². The number of benzene rings is 1. The Morgan fingerprint density at radius 1 is 1.26 bits per heavy atom. The molecule has 1 aromatic rings. The van der Waals surface area contributed by atoms with Gasteiger partial charge in [-0.3, -0.25) is 0 Å². The largest absolute Gasteiger partial charge is 0.463 e. The van der Waals surface area contributed by atoms with E-state index in [1.165, 1.54) is 0 Å². The number of hydrogen-bond acceptors (Lipinski definition) is 4. The average molecular weight is 317 g/mol. The fourth-order valence-corrected chi connectivity index (χ4v) is 4.17. The lowest BCUT2D eigenvalue weighted by atomic mass is 9.78. The molecule has 1 aliphatic carbocycles. The third kappa shape index (κ3) is 2.90. The predicted molar refractivity (Wildman–Crippen MR) is 88.7 cm³/mol. The first-order valence-electron chi connectivity index (χ1n) is 8.78. The molecule has 4 atom stereocenters. The van der Waals surface area contributed by atoms with Gasteiger partial charge in [0.05, 0.1) is 6.61 Å². The molecule has 2 N–H and O–H groups in total. The Labute approximate surface area is 138 Å². The van der Waals surface area contributed by atoms with Crippen molar-refractivity contribution in [2.75, 3.05) is 19.7 Å². The predicted octanol–water partition coefficient (Wildman–Crippen LogP) is 2.32. The van der Waals surface area contributed by atoms with Crippen LogP contribution in [-0.2, 0) is 15.1 Å². The smallest absolute Gasteiger partial charge is 0.343 e. The molecule has 2 fully saturated rings. The van der Waals surface area contributed by atoms with E-state index >= 15 is 0 Å². The number of hydrogen-bond donors (Lipinski definition) is 2. The summed E-state index contributed by atoms with van der Waals surface area (Å²) in [7, 11) is 0. The number of piperidine rings is 1. The lowest BCUT2D eigenvalue weighted by Crippen LogP contribution is -2.44. The molecular weight excluding hydrogens is 290 g/mol. The van der Waals surface area contributed by atoms with E-state index in [2.05, 4.69) is 5.32 Å². The maximum Gasteiger partial charge on any atom is 0.343 e. The summed E-state index contributed by atoms with van der Waals surface area (Å²) < 4.78 is 5.59. The van der Waals surface area contributed by atoms with Crippen LogP contribution in [0.25, 0.3) is 0 Å². The lowest BCUT2D eigenvalue weighted by molar-refractivity contribution is -0.175. The first-order chi connectivity index (χ1) is 11.1. The summed E-state index contributed by atoms with van der Waals surface area (Å²) in [5.74, 6) is 1.15. The molecule has 3 rings (SSSR count). The van der Waals surface area contributed by atoms with Crippen LogP contribution >= 0.6 is 0 Å². The van der Waals surface area contributed by atoms with Crippen molar-refractivity contribution in [1.29, 1.82) is 0 Å². The van der Waals surface area contributed by atoms with Crippen LogP contribution in [0, 0.1) is 23.7 Å². The number of nitrogens with one attached hydrogen (secondary N) is 1. The second-order valence-electron chi connectivity index (χ2n) is 6.89. The number of carbonyl (C=O) groups excluding carboxylic acids is 1. The minimum absolute atomic E-state index is 0.141. The number of rotatable bonds is 7. The van der Waals surface area contributed by atoms with Gasteiger partial charge in [-0.25, -0.2) is 4.79 Å². The van der Waals surface area contributed by atoms with Gasteiger partial charge in [0.1, 0.15) is 0 Å². The van der Waals surface area contributed by atoms with Gasteiger partial charge >= 0.3 is 5.97 Å². The molecule has 2 aliphatic rings. The highest BCUT2D eigenvalue weighted by atomic mass is 16.5. The molecule has 0 bridgehead atoms. The molecular formula is C19H27NO3. The van der Waals surface area contributed by atoms with E-state index in [0.29, 0.717) is 29.9 Å². The van der Waals surface area contributed by atoms with Crippen molar-refractivity contribution in [1.82, 2.24) is 5.32 Å². The maximum atomic E-state index is 12.8. The van der Waals surface area contributed by atoms with Gasteiger partial charge in [-0.1, -0.05) is 44.2 Å². The number of carbonyl (C=O) groups is 1. The summed E-state index contributed by atoms with van der Waals surface area (Å²) in [6, 6.07) is 9.23. The standard InChI is InChI=1S/C19H27NO3/c1-3-13(4-2)19(22,14-8-6-5-7-9-14)18(21)23-12-17-15-10-20-11-16(15)17/h5-9,13,15-17,20,22H,3-4,10-12H2,1-2H3/t15-,16+,17?,19-/m0/s1. The zero-order valence-corrected chi connectivity index (χ0v) is 14.0. The van der Waals surface area contributed by atoms with Crippen molar-refractivity contribution in [2.24, 2.45) is 23.7 Å². The topological polar surface area (TPSA) is 58.6 Å². The molecule has 1 aliphatic heterocycles. The van der Waals surface area contributed by atoms with Crippen LogP contribution in [0.2, 0.25) is 0 Å². The normalized spacial score (nSPS) is 28.3. The summed E-state index contributed by atoms with van der Waals surface area (Å²) in [6.45, 7) is 6.51. The van der Waals surface area contributed by atoms with Gasteiger partial charge in [0.15, 0.2) is 5.60 Å². The zero-order chi connectivity index (χ0) is 16.4. The van der Waals surface area contributed by atoms with E-state index in [0.717, 1.165) is 25.9 Å². The Balaban J connectivity index is 1.73. The molecule has 1 unspecified atom stereocenters. The second kappa shape index (κ2) is 6.62. The molecule has 4 nitrogen and oxygen atoms in total. The summed E-state index contributed by atoms with van der Waals surface area (Å²) in [6.07, 6.45) is 1.46. The van der Waals surface area contributed by atoms with Crippen LogP contribution in [-0.4, -0.2) is 30.8 Å². The molecule has 0 amide bonds. The van der Waals surface area contributed by atoms with Crippen molar-refractivity contribution in [3.05, 3.63) is 35.9 Å². The van der Waals surface area contributed by atoms with Crippen molar-refractivity contribution in [3.8, 4) is 0 Å². The van der Waals surface area contributed by atoms with Gasteiger partial charge in [-0.15, -0.1) is 0 Å². The quantitative estimate of drug-likeness (QED) is 0.758. The highest BCUT2D eigenvalue weighted by Crippen LogP contribution is 2.49. The summed E-state index contributed by atoms with van der Waals surface area (Å²) in [5.41, 5.74) is -0.913. The Morgan fingerprint density at radius 2 is 1.87 bits per heavy atom. The third-order valence-electron chi connectivity index (χ3n) is 5.78. The van der Waals surface area contributed by atoms with Crippen LogP contribution in [0.4, 0.5) is 0 Å². The first-order valence-corrected chi connectivity index (χ1v) is 8.78. The van der Waals surface area contributed by atoms with Crippen LogP contribution in [0.3, 0.4) is 0 Å². The lowest BCUT2D eigenvalue weighted by Gasteiger charge is -2.33. The second-order valence-corrected chi connectivity index (χ2v) is 6.89. The summed E-state index contributed by atoms with van der Waals surface area (Å²) in [4.78, 5) is 12.8. The van der Waals surface area contributed by atoms with Crippen molar-refractivity contribution >= 4 is 5.97 Å². The molecule has 23 heavy (non-hydrogen) atoms. The Morgan fingerprint density at radius 3 is 2.43 bits per heavy atom. The highest BCUT2D eigenvalue weighted by molar-refractivity contribution is 5.81. The number of aliphatic hydroxyl groups is 1. The Kier molecular flexibility index (Phi) is 4.74. The van der Waals surface area contributed by atoms with Gasteiger partial charge in [0.25, 0.3) is 0 Å². The van der Waals surface area contributed by atoms with E-state index in [-0.39, 0.29) is 5.92 Å². The molecule has 0 spiro atoms. The zero-order valence-electron chi connectivity index (χ0n) is 14.0. The fraction of sp³-hybridized carbons (Fsp3) is 0.632. The Hall–Kier alpha value is -1.39. The molecule has 0 radical (unpaired) electrons. The first kappa shape index (κ1) is 16.5. The monoisotopic (exact) mass is 317 g/mol. The number of esters is 1. The number of fused-ring (bicyclic) bond motifs is 1. The van der Waals surface area contributed by atoms with Crippen molar-refractivity contribution < 1.29 is 14.6 Å². The maximum absolute atomic E-state index is 12.8. The molecule has 4 heteroatoms. The summed E-state index contributed by atoms with van der Waals surface area (Å²) >= 11 is 0. The van der Waals surface area contributed by atoms with E-state index < -0.39 is 11.6 Å².